The molecule has 0 N–H and O–H groups in total. The van der Waals surface area contributed by atoms with Crippen molar-refractivity contribution < 1.29 is 14.3 Å². The van der Waals surface area contributed by atoms with Crippen molar-refractivity contribution in [1.29, 1.82) is 0 Å². The maximum absolute atomic E-state index is 12.7. The summed E-state index contributed by atoms with van der Waals surface area (Å²) in [5, 5.41) is 0. The number of methoxy groups -OCH3 is 1. The van der Waals surface area contributed by atoms with Crippen LogP contribution in [0.25, 0.3) is 0 Å². The summed E-state index contributed by atoms with van der Waals surface area (Å²) in [6, 6.07) is 6.63. The fraction of sp³-hybridized carbons (Fsp3) is 0.450. The Morgan fingerprint density at radius 3 is 2.33 bits per heavy atom. The summed E-state index contributed by atoms with van der Waals surface area (Å²) in [5.41, 5.74) is 1.05. The minimum atomic E-state index is -0.397. The van der Waals surface area contributed by atoms with Crippen LogP contribution >= 0.6 is 0 Å². The van der Waals surface area contributed by atoms with Crippen molar-refractivity contribution in [1.82, 2.24) is 19.4 Å². The third kappa shape index (κ3) is 4.54. The molecular formula is C20H26N4O3. The topological polar surface area (TPSA) is 67.7 Å². The van der Waals surface area contributed by atoms with Crippen LogP contribution in [-0.4, -0.2) is 71.1 Å². The number of imidazole rings is 1. The molecule has 1 amide bonds. The number of rotatable bonds is 6. The first-order valence-electron chi connectivity index (χ1n) is 9.32. The fourth-order valence-electron chi connectivity index (χ4n) is 3.33. The average molecular weight is 370 g/mol. The Hall–Kier alpha value is -2.67. The number of aryl methyl sites for hydroxylation is 1. The number of esters is 1. The second kappa shape index (κ2) is 8.81. The molecule has 0 aliphatic carbocycles. The van der Waals surface area contributed by atoms with Gasteiger partial charge in [0.05, 0.1) is 12.7 Å². The number of benzene rings is 1. The molecule has 1 aromatic heterocycles. The van der Waals surface area contributed by atoms with Gasteiger partial charge in [-0.3, -0.25) is 9.69 Å². The van der Waals surface area contributed by atoms with Gasteiger partial charge in [0.1, 0.15) is 5.82 Å². The molecule has 7 heteroatoms. The van der Waals surface area contributed by atoms with E-state index in [1.165, 1.54) is 7.11 Å². The molecule has 7 nitrogen and oxygen atoms in total. The third-order valence-corrected chi connectivity index (χ3v) is 4.99. The number of amides is 1. The molecule has 1 aliphatic rings. The zero-order valence-electron chi connectivity index (χ0n) is 15.9. The summed E-state index contributed by atoms with van der Waals surface area (Å²) in [4.78, 5) is 32.8. The quantitative estimate of drug-likeness (QED) is 0.724. The van der Waals surface area contributed by atoms with Crippen LogP contribution in [0.4, 0.5) is 0 Å². The summed E-state index contributed by atoms with van der Waals surface area (Å²) in [6.07, 6.45) is 4.81. The van der Waals surface area contributed by atoms with Gasteiger partial charge in [0, 0.05) is 63.6 Å². The van der Waals surface area contributed by atoms with Gasteiger partial charge < -0.3 is 14.2 Å². The summed E-state index contributed by atoms with van der Waals surface area (Å²) >= 11 is 0. The molecule has 2 heterocycles. The highest BCUT2D eigenvalue weighted by Gasteiger charge is 2.22. The molecular weight excluding hydrogens is 344 g/mol. The van der Waals surface area contributed by atoms with Crippen LogP contribution in [0.1, 0.15) is 33.5 Å². The second-order valence-corrected chi connectivity index (χ2v) is 6.59. The van der Waals surface area contributed by atoms with Crippen molar-refractivity contribution >= 4 is 11.9 Å². The molecule has 1 saturated heterocycles. The summed E-state index contributed by atoms with van der Waals surface area (Å²) in [5.74, 6) is 0.722. The van der Waals surface area contributed by atoms with Gasteiger partial charge in [-0.25, -0.2) is 9.78 Å². The van der Waals surface area contributed by atoms with E-state index < -0.39 is 5.97 Å². The van der Waals surface area contributed by atoms with Crippen LogP contribution < -0.4 is 0 Å². The van der Waals surface area contributed by atoms with Crippen LogP contribution in [0.2, 0.25) is 0 Å². The van der Waals surface area contributed by atoms with E-state index in [0.717, 1.165) is 38.4 Å². The van der Waals surface area contributed by atoms with Gasteiger partial charge in [-0.15, -0.1) is 0 Å². The predicted octanol–water partition coefficient (Wildman–Crippen LogP) is 1.69. The van der Waals surface area contributed by atoms with E-state index in [0.29, 0.717) is 24.2 Å². The maximum Gasteiger partial charge on any atom is 0.337 e. The zero-order chi connectivity index (χ0) is 19.2. The Morgan fingerprint density at radius 2 is 1.70 bits per heavy atom. The zero-order valence-corrected chi connectivity index (χ0v) is 15.9. The van der Waals surface area contributed by atoms with E-state index in [1.807, 2.05) is 17.3 Å². The molecule has 0 radical (unpaired) electrons. The number of hydrogen-bond acceptors (Lipinski definition) is 5. The first kappa shape index (κ1) is 19.1. The van der Waals surface area contributed by atoms with Crippen molar-refractivity contribution in [3.63, 3.8) is 0 Å². The third-order valence-electron chi connectivity index (χ3n) is 4.99. The Kier molecular flexibility index (Phi) is 6.24. The Morgan fingerprint density at radius 1 is 1.04 bits per heavy atom. The van der Waals surface area contributed by atoms with Crippen LogP contribution in [0.15, 0.2) is 36.7 Å². The highest BCUT2D eigenvalue weighted by Crippen LogP contribution is 2.11. The van der Waals surface area contributed by atoms with Gasteiger partial charge in [0.25, 0.3) is 5.91 Å². The maximum atomic E-state index is 12.7. The van der Waals surface area contributed by atoms with Gasteiger partial charge in [0.15, 0.2) is 0 Å². The van der Waals surface area contributed by atoms with E-state index in [-0.39, 0.29) is 5.91 Å². The van der Waals surface area contributed by atoms with Gasteiger partial charge in [-0.05, 0) is 24.3 Å². The normalized spacial score (nSPS) is 15.0. The molecule has 0 saturated carbocycles. The van der Waals surface area contributed by atoms with Gasteiger partial charge in [0.2, 0.25) is 0 Å². The number of ether oxygens (including phenoxy) is 1. The number of hydrogen-bond donors (Lipinski definition) is 0. The lowest BCUT2D eigenvalue weighted by atomic mass is 10.1. The number of carbonyl (C=O) groups excluding carboxylic acids is 2. The molecule has 0 unspecified atom stereocenters. The van der Waals surface area contributed by atoms with Crippen LogP contribution in [0.5, 0.6) is 0 Å². The molecule has 2 aromatic rings. The fourth-order valence-corrected chi connectivity index (χ4v) is 3.33. The summed E-state index contributed by atoms with van der Waals surface area (Å²) in [6.45, 7) is 7.14. The molecule has 1 aliphatic heterocycles. The predicted molar refractivity (Wildman–Crippen MR) is 102 cm³/mol. The Labute approximate surface area is 159 Å². The highest BCUT2D eigenvalue weighted by atomic mass is 16.5. The number of carbonyl (C=O) groups is 2. The lowest BCUT2D eigenvalue weighted by Gasteiger charge is -2.34. The smallest absolute Gasteiger partial charge is 0.337 e. The largest absolute Gasteiger partial charge is 0.465 e. The molecule has 27 heavy (non-hydrogen) atoms. The molecule has 144 valence electrons. The average Bonchev–Trinajstić information content (AvgIpc) is 3.19. The van der Waals surface area contributed by atoms with Crippen molar-refractivity contribution in [2.24, 2.45) is 0 Å². The first-order chi connectivity index (χ1) is 13.1. The summed E-state index contributed by atoms with van der Waals surface area (Å²) < 4.78 is 6.88. The van der Waals surface area contributed by atoms with Crippen molar-refractivity contribution in [3.05, 3.63) is 53.6 Å². The SMILES string of the molecule is CCc1nccn1CCN1CCN(C(=O)c2ccc(C(=O)OC)cc2)CC1. The van der Waals surface area contributed by atoms with E-state index in [4.69, 9.17) is 0 Å². The van der Waals surface area contributed by atoms with Crippen molar-refractivity contribution in [2.45, 2.75) is 19.9 Å². The van der Waals surface area contributed by atoms with Gasteiger partial charge in [-0.2, -0.15) is 0 Å². The van der Waals surface area contributed by atoms with Crippen LogP contribution in [0.3, 0.4) is 0 Å². The lowest BCUT2D eigenvalue weighted by Crippen LogP contribution is -2.49. The van der Waals surface area contributed by atoms with Crippen molar-refractivity contribution in [3.8, 4) is 0 Å². The summed E-state index contributed by atoms with van der Waals surface area (Å²) in [7, 11) is 1.34. The highest BCUT2D eigenvalue weighted by molar-refractivity contribution is 5.96. The van der Waals surface area contributed by atoms with Crippen molar-refractivity contribution in [2.75, 3.05) is 39.8 Å². The molecule has 1 fully saturated rings. The Balaban J connectivity index is 1.49. The molecule has 3 rings (SSSR count). The molecule has 0 spiro atoms. The standard InChI is InChI=1S/C20H26N4O3/c1-3-18-21-8-9-23(18)13-10-22-11-14-24(15-12-22)19(25)16-4-6-17(7-5-16)20(26)27-2/h4-9H,3,10-15H2,1-2H3. The molecule has 0 atom stereocenters. The number of piperazine rings is 1. The van der Waals surface area contributed by atoms with E-state index >= 15 is 0 Å². The van der Waals surface area contributed by atoms with E-state index in [2.05, 4.69) is 26.1 Å². The number of nitrogens with zero attached hydrogens (tertiary/aromatic N) is 4. The molecule has 0 bridgehead atoms. The van der Waals surface area contributed by atoms with E-state index in [1.54, 1.807) is 24.3 Å². The minimum Gasteiger partial charge on any atom is -0.465 e. The second-order valence-electron chi connectivity index (χ2n) is 6.59. The van der Waals surface area contributed by atoms with Gasteiger partial charge in [-0.1, -0.05) is 6.92 Å². The van der Waals surface area contributed by atoms with E-state index in [9.17, 15) is 9.59 Å². The minimum absolute atomic E-state index is 0.00828. The van der Waals surface area contributed by atoms with Crippen LogP contribution in [0, 0.1) is 0 Å². The Bertz CT molecular complexity index is 777. The van der Waals surface area contributed by atoms with Gasteiger partial charge >= 0.3 is 5.97 Å². The molecule has 1 aromatic carbocycles. The monoisotopic (exact) mass is 370 g/mol. The van der Waals surface area contributed by atoms with Crippen LogP contribution in [-0.2, 0) is 17.7 Å². The first-order valence-corrected chi connectivity index (χ1v) is 9.32. The number of aromatic nitrogens is 2. The lowest BCUT2D eigenvalue weighted by molar-refractivity contribution is 0.0596.